The standard InChI is InChI=1S/C15H16Cl2N2/c16-12-4-1-10(2-5-12)13(7-8-18)11-3-6-14(17)15(19)9-11/h1-6,9,13H,7-8,18-19H2. The molecule has 0 fully saturated rings. The van der Waals surface area contributed by atoms with E-state index >= 15 is 0 Å². The molecule has 0 aliphatic heterocycles. The number of hydrogen-bond donors (Lipinski definition) is 2. The largest absolute Gasteiger partial charge is 0.398 e. The van der Waals surface area contributed by atoms with E-state index in [9.17, 15) is 0 Å². The summed E-state index contributed by atoms with van der Waals surface area (Å²) in [6.45, 7) is 0.607. The van der Waals surface area contributed by atoms with Crippen molar-refractivity contribution in [3.8, 4) is 0 Å². The van der Waals surface area contributed by atoms with E-state index in [0.717, 1.165) is 17.0 Å². The van der Waals surface area contributed by atoms with E-state index in [2.05, 4.69) is 0 Å². The summed E-state index contributed by atoms with van der Waals surface area (Å²) in [5.41, 5.74) is 14.5. The topological polar surface area (TPSA) is 52.0 Å². The molecule has 2 nitrogen and oxygen atoms in total. The highest BCUT2D eigenvalue weighted by atomic mass is 35.5. The number of nitrogens with two attached hydrogens (primary N) is 2. The summed E-state index contributed by atoms with van der Waals surface area (Å²) in [6.07, 6.45) is 0.850. The van der Waals surface area contributed by atoms with Crippen molar-refractivity contribution in [3.05, 3.63) is 63.6 Å². The van der Waals surface area contributed by atoms with E-state index in [1.807, 2.05) is 42.5 Å². The molecule has 100 valence electrons. The molecule has 4 heteroatoms. The fraction of sp³-hybridized carbons (Fsp3) is 0.200. The number of rotatable bonds is 4. The van der Waals surface area contributed by atoms with Gasteiger partial charge in [0, 0.05) is 10.9 Å². The number of hydrogen-bond acceptors (Lipinski definition) is 2. The summed E-state index contributed by atoms with van der Waals surface area (Å²) < 4.78 is 0. The third kappa shape index (κ3) is 3.41. The van der Waals surface area contributed by atoms with Gasteiger partial charge in [0.05, 0.1) is 10.7 Å². The molecule has 2 rings (SSSR count). The molecule has 0 saturated carbocycles. The molecule has 0 heterocycles. The van der Waals surface area contributed by atoms with E-state index in [-0.39, 0.29) is 5.92 Å². The molecule has 2 aromatic carbocycles. The van der Waals surface area contributed by atoms with Crippen LogP contribution in [0, 0.1) is 0 Å². The van der Waals surface area contributed by atoms with Crippen LogP contribution in [0.25, 0.3) is 0 Å². The van der Waals surface area contributed by atoms with Crippen molar-refractivity contribution < 1.29 is 0 Å². The van der Waals surface area contributed by atoms with Gasteiger partial charge in [0.15, 0.2) is 0 Å². The summed E-state index contributed by atoms with van der Waals surface area (Å²) in [5.74, 6) is 0.210. The van der Waals surface area contributed by atoms with Gasteiger partial charge in [-0.1, -0.05) is 41.4 Å². The average Bonchev–Trinajstić information content (AvgIpc) is 2.41. The summed E-state index contributed by atoms with van der Waals surface area (Å²) in [5, 5.41) is 1.30. The minimum Gasteiger partial charge on any atom is -0.398 e. The van der Waals surface area contributed by atoms with Crippen LogP contribution < -0.4 is 11.5 Å². The Morgan fingerprint density at radius 2 is 1.58 bits per heavy atom. The molecule has 0 spiro atoms. The fourth-order valence-electron chi connectivity index (χ4n) is 2.17. The van der Waals surface area contributed by atoms with Crippen molar-refractivity contribution in [3.63, 3.8) is 0 Å². The van der Waals surface area contributed by atoms with Crippen LogP contribution in [0.4, 0.5) is 5.69 Å². The van der Waals surface area contributed by atoms with Crippen molar-refractivity contribution in [2.45, 2.75) is 12.3 Å². The van der Waals surface area contributed by atoms with Gasteiger partial charge in [0.25, 0.3) is 0 Å². The molecule has 4 N–H and O–H groups in total. The lowest BCUT2D eigenvalue weighted by atomic mass is 9.88. The predicted molar refractivity (Wildman–Crippen MR) is 82.8 cm³/mol. The molecule has 1 atom stereocenters. The summed E-state index contributed by atoms with van der Waals surface area (Å²) in [6, 6.07) is 13.6. The first kappa shape index (κ1) is 14.2. The number of benzene rings is 2. The fourth-order valence-corrected chi connectivity index (χ4v) is 2.41. The van der Waals surface area contributed by atoms with Gasteiger partial charge >= 0.3 is 0 Å². The average molecular weight is 295 g/mol. The third-order valence-corrected chi connectivity index (χ3v) is 3.75. The van der Waals surface area contributed by atoms with Gasteiger partial charge in [-0.25, -0.2) is 0 Å². The van der Waals surface area contributed by atoms with Crippen molar-refractivity contribution in [1.29, 1.82) is 0 Å². The quantitative estimate of drug-likeness (QED) is 0.836. The molecule has 0 amide bonds. The highest BCUT2D eigenvalue weighted by Crippen LogP contribution is 2.31. The van der Waals surface area contributed by atoms with Crippen molar-refractivity contribution >= 4 is 28.9 Å². The van der Waals surface area contributed by atoms with Gasteiger partial charge in [-0.3, -0.25) is 0 Å². The second kappa shape index (κ2) is 6.29. The monoisotopic (exact) mass is 294 g/mol. The zero-order valence-electron chi connectivity index (χ0n) is 10.4. The number of nitrogen functional groups attached to an aromatic ring is 1. The van der Waals surface area contributed by atoms with Crippen molar-refractivity contribution in [2.75, 3.05) is 12.3 Å². The van der Waals surface area contributed by atoms with Crippen LogP contribution in [0.15, 0.2) is 42.5 Å². The lowest BCUT2D eigenvalue weighted by molar-refractivity contribution is 0.726. The Kier molecular flexibility index (Phi) is 4.70. The summed E-state index contributed by atoms with van der Waals surface area (Å²) in [4.78, 5) is 0. The zero-order valence-corrected chi connectivity index (χ0v) is 12.0. The Morgan fingerprint density at radius 3 is 2.16 bits per heavy atom. The first-order chi connectivity index (χ1) is 9.11. The molecule has 19 heavy (non-hydrogen) atoms. The summed E-state index contributed by atoms with van der Waals surface area (Å²) in [7, 11) is 0. The number of halogens is 2. The van der Waals surface area contributed by atoms with Crippen LogP contribution >= 0.6 is 23.2 Å². The molecule has 0 bridgehead atoms. The lowest BCUT2D eigenvalue weighted by Crippen LogP contribution is -2.09. The van der Waals surface area contributed by atoms with Gasteiger partial charge in [0.2, 0.25) is 0 Å². The second-order valence-corrected chi connectivity index (χ2v) is 5.31. The Morgan fingerprint density at radius 1 is 0.947 bits per heavy atom. The van der Waals surface area contributed by atoms with Gasteiger partial charge in [-0.15, -0.1) is 0 Å². The maximum atomic E-state index is 5.96. The Bertz CT molecular complexity index is 553. The Hall–Kier alpha value is -1.22. The first-order valence-electron chi connectivity index (χ1n) is 6.12. The van der Waals surface area contributed by atoms with E-state index in [1.54, 1.807) is 0 Å². The second-order valence-electron chi connectivity index (χ2n) is 4.46. The van der Waals surface area contributed by atoms with Crippen LogP contribution in [-0.2, 0) is 0 Å². The SMILES string of the molecule is NCCC(c1ccc(Cl)cc1)c1ccc(Cl)c(N)c1. The molecular formula is C15H16Cl2N2. The molecular weight excluding hydrogens is 279 g/mol. The molecule has 2 aromatic rings. The highest BCUT2D eigenvalue weighted by Gasteiger charge is 2.14. The maximum Gasteiger partial charge on any atom is 0.0635 e. The van der Waals surface area contributed by atoms with Crippen molar-refractivity contribution in [2.24, 2.45) is 5.73 Å². The minimum absolute atomic E-state index is 0.210. The lowest BCUT2D eigenvalue weighted by Gasteiger charge is -2.18. The smallest absolute Gasteiger partial charge is 0.0635 e. The first-order valence-corrected chi connectivity index (χ1v) is 6.88. The Labute approximate surface area is 123 Å². The van der Waals surface area contributed by atoms with Crippen LogP contribution in [0.2, 0.25) is 10.0 Å². The normalized spacial score (nSPS) is 12.4. The minimum atomic E-state index is 0.210. The van der Waals surface area contributed by atoms with Crippen LogP contribution in [0.5, 0.6) is 0 Å². The van der Waals surface area contributed by atoms with E-state index in [4.69, 9.17) is 34.7 Å². The van der Waals surface area contributed by atoms with Crippen molar-refractivity contribution in [1.82, 2.24) is 0 Å². The predicted octanol–water partition coefficient (Wildman–Crippen LogP) is 4.06. The summed E-state index contributed by atoms with van der Waals surface area (Å²) >= 11 is 11.9. The molecule has 0 aliphatic carbocycles. The van der Waals surface area contributed by atoms with Gasteiger partial charge in [-0.05, 0) is 48.4 Å². The van der Waals surface area contributed by atoms with Gasteiger partial charge in [0.1, 0.15) is 0 Å². The van der Waals surface area contributed by atoms with E-state index in [1.165, 1.54) is 5.56 Å². The van der Waals surface area contributed by atoms with Crippen LogP contribution in [-0.4, -0.2) is 6.54 Å². The highest BCUT2D eigenvalue weighted by molar-refractivity contribution is 6.33. The van der Waals surface area contributed by atoms with Crippen LogP contribution in [0.3, 0.4) is 0 Å². The third-order valence-electron chi connectivity index (χ3n) is 3.15. The molecule has 0 saturated heterocycles. The molecule has 1 unspecified atom stereocenters. The van der Waals surface area contributed by atoms with Crippen LogP contribution in [0.1, 0.15) is 23.5 Å². The molecule has 0 aromatic heterocycles. The molecule has 0 aliphatic rings. The van der Waals surface area contributed by atoms with Gasteiger partial charge < -0.3 is 11.5 Å². The Balaban J connectivity index is 2.38. The van der Waals surface area contributed by atoms with Gasteiger partial charge in [-0.2, -0.15) is 0 Å². The maximum absolute atomic E-state index is 5.96. The van der Waals surface area contributed by atoms with E-state index in [0.29, 0.717) is 17.3 Å². The van der Waals surface area contributed by atoms with E-state index < -0.39 is 0 Å². The molecule has 0 radical (unpaired) electrons. The number of anilines is 1. The zero-order chi connectivity index (χ0) is 13.8.